The molecule has 2 N–H and O–H groups in total. The molecule has 3 rings (SSSR count). The zero-order valence-electron chi connectivity index (χ0n) is 17.1. The van der Waals surface area contributed by atoms with Crippen LogP contribution < -0.4 is 15.6 Å². The Labute approximate surface area is 187 Å². The summed E-state index contributed by atoms with van der Waals surface area (Å²) >= 11 is 0. The van der Waals surface area contributed by atoms with Crippen molar-refractivity contribution >= 4 is 11.5 Å². The number of methoxy groups -OCH3 is 1. The number of Topliss-reactive ketones (excluding diaryl/α,β-unsaturated/α-hetero) is 1. The summed E-state index contributed by atoms with van der Waals surface area (Å²) in [4.78, 5) is 12.6. The van der Waals surface area contributed by atoms with Crippen LogP contribution in [0, 0.1) is 11.3 Å². The number of rotatable bonds is 7. The number of ketones is 1. The number of hydrazine groups is 1. The summed E-state index contributed by atoms with van der Waals surface area (Å²) in [5, 5.41) is 12.9. The van der Waals surface area contributed by atoms with E-state index in [1.54, 1.807) is 30.3 Å². The molecule has 0 aliphatic heterocycles. The normalized spacial score (nSPS) is 12.6. The van der Waals surface area contributed by atoms with Crippen LogP contribution in [0.3, 0.4) is 0 Å². The van der Waals surface area contributed by atoms with Gasteiger partial charge in [-0.05, 0) is 42.5 Å². The Kier molecular flexibility index (Phi) is 6.83. The fraction of sp³-hybridized carbons (Fsp3) is 0.190. The molecule has 3 aromatic rings. The summed E-state index contributed by atoms with van der Waals surface area (Å²) in [6, 6.07) is 8.36. The first-order valence-corrected chi connectivity index (χ1v) is 9.28. The number of nitrogens with zero attached hydrogens (tertiary/aromatic N) is 2. The van der Waals surface area contributed by atoms with Crippen molar-refractivity contribution in [2.24, 2.45) is 0 Å². The lowest BCUT2D eigenvalue weighted by Gasteiger charge is -2.16. The molecule has 0 aliphatic carbocycles. The van der Waals surface area contributed by atoms with Crippen molar-refractivity contribution < 1.29 is 40.4 Å². The van der Waals surface area contributed by atoms with E-state index in [-0.39, 0.29) is 17.5 Å². The molecule has 0 saturated heterocycles. The van der Waals surface area contributed by atoms with Crippen molar-refractivity contribution in [2.75, 3.05) is 12.5 Å². The molecule has 0 saturated carbocycles. The number of carbonyl (C=O) groups excluding carboxylic acids is 1. The van der Waals surface area contributed by atoms with Crippen LogP contribution >= 0.6 is 0 Å². The lowest BCUT2D eigenvalue weighted by atomic mass is 10.1. The molecule has 1 aromatic heterocycles. The molecule has 0 aliphatic rings. The molecule has 178 valence electrons. The van der Waals surface area contributed by atoms with Gasteiger partial charge >= 0.3 is 12.4 Å². The minimum Gasteiger partial charge on any atom is -0.497 e. The summed E-state index contributed by atoms with van der Waals surface area (Å²) < 4.78 is 88.0. The number of nitriles is 1. The van der Waals surface area contributed by atoms with Crippen LogP contribution in [-0.2, 0) is 12.4 Å². The first-order valence-electron chi connectivity index (χ1n) is 9.28. The van der Waals surface area contributed by atoms with Crippen LogP contribution in [0.5, 0.6) is 5.75 Å². The van der Waals surface area contributed by atoms with Crippen LogP contribution in [0.15, 0.2) is 53.1 Å². The third-order valence-corrected chi connectivity index (χ3v) is 4.48. The van der Waals surface area contributed by atoms with Crippen molar-refractivity contribution in [3.63, 3.8) is 0 Å². The van der Waals surface area contributed by atoms with Crippen molar-refractivity contribution in [3.05, 3.63) is 65.4 Å². The van der Waals surface area contributed by atoms with Gasteiger partial charge in [0.2, 0.25) is 5.78 Å². The SMILES string of the molecule is COc1ccc(-c2cc(C(=O)C(C#N)NNc3cc(C(F)(F)F)cc(C(F)(F)F)c3)no2)cc1. The van der Waals surface area contributed by atoms with E-state index >= 15 is 0 Å². The predicted molar refractivity (Wildman–Crippen MR) is 105 cm³/mol. The third kappa shape index (κ3) is 5.65. The summed E-state index contributed by atoms with van der Waals surface area (Å²) in [5.41, 5.74) is 0.637. The highest BCUT2D eigenvalue weighted by atomic mass is 19.4. The minimum absolute atomic E-state index is 0.0474. The number of carbonyl (C=O) groups is 1. The Morgan fingerprint density at radius 1 is 1.03 bits per heavy atom. The van der Waals surface area contributed by atoms with Crippen LogP contribution in [0.2, 0.25) is 0 Å². The third-order valence-electron chi connectivity index (χ3n) is 4.48. The summed E-state index contributed by atoms with van der Waals surface area (Å²) in [5.74, 6) is -0.174. The van der Waals surface area contributed by atoms with Crippen molar-refractivity contribution in [1.29, 1.82) is 5.26 Å². The number of nitrogens with one attached hydrogen (secondary N) is 2. The lowest BCUT2D eigenvalue weighted by molar-refractivity contribution is -0.143. The highest BCUT2D eigenvalue weighted by Gasteiger charge is 2.37. The number of halogens is 6. The van der Waals surface area contributed by atoms with Crippen molar-refractivity contribution in [1.82, 2.24) is 10.6 Å². The molecule has 34 heavy (non-hydrogen) atoms. The van der Waals surface area contributed by atoms with Crippen LogP contribution in [-0.4, -0.2) is 24.1 Å². The highest BCUT2D eigenvalue weighted by Crippen LogP contribution is 2.37. The highest BCUT2D eigenvalue weighted by molar-refractivity contribution is 6.00. The summed E-state index contributed by atoms with van der Waals surface area (Å²) in [6.07, 6.45) is -10.1. The van der Waals surface area contributed by atoms with Gasteiger partial charge in [0.05, 0.1) is 24.3 Å². The predicted octanol–water partition coefficient (Wildman–Crippen LogP) is 5.08. The van der Waals surface area contributed by atoms with E-state index in [0.717, 1.165) is 0 Å². The minimum atomic E-state index is -5.05. The number of aromatic nitrogens is 1. The second kappa shape index (κ2) is 9.44. The molecule has 1 unspecified atom stereocenters. The lowest BCUT2D eigenvalue weighted by Crippen LogP contribution is -2.39. The quantitative estimate of drug-likeness (QED) is 0.274. The molecule has 0 bridgehead atoms. The van der Waals surface area contributed by atoms with Crippen LogP contribution in [0.25, 0.3) is 11.3 Å². The average molecular weight is 484 g/mol. The maximum atomic E-state index is 13.0. The topological polar surface area (TPSA) is 100 Å². The van der Waals surface area contributed by atoms with Gasteiger partial charge in [-0.2, -0.15) is 31.6 Å². The zero-order valence-corrected chi connectivity index (χ0v) is 17.1. The Morgan fingerprint density at radius 2 is 1.62 bits per heavy atom. The molecule has 1 atom stereocenters. The molecular formula is C21H14F6N4O3. The molecule has 1 heterocycles. The second-order valence-corrected chi connectivity index (χ2v) is 6.80. The molecule has 0 amide bonds. The monoisotopic (exact) mass is 484 g/mol. The Morgan fingerprint density at radius 3 is 2.12 bits per heavy atom. The Bertz CT molecular complexity index is 1180. The number of anilines is 1. The van der Waals surface area contributed by atoms with E-state index < -0.39 is 41.0 Å². The zero-order chi connectivity index (χ0) is 25.1. The van der Waals surface area contributed by atoms with Gasteiger partial charge in [-0.3, -0.25) is 4.79 Å². The Hall–Kier alpha value is -4.05. The Balaban J connectivity index is 1.78. The van der Waals surface area contributed by atoms with Gasteiger partial charge in [0.15, 0.2) is 17.5 Å². The van der Waals surface area contributed by atoms with Gasteiger partial charge in [-0.1, -0.05) is 5.16 Å². The number of alkyl halides is 6. The van der Waals surface area contributed by atoms with Crippen LogP contribution in [0.4, 0.5) is 32.0 Å². The van der Waals surface area contributed by atoms with Gasteiger partial charge in [-0.25, -0.2) is 5.43 Å². The second-order valence-electron chi connectivity index (χ2n) is 6.80. The average Bonchev–Trinajstić information content (AvgIpc) is 3.28. The first kappa shape index (κ1) is 24.6. The summed E-state index contributed by atoms with van der Waals surface area (Å²) in [6.45, 7) is 0. The van der Waals surface area contributed by atoms with Gasteiger partial charge < -0.3 is 14.7 Å². The number of benzene rings is 2. The number of hydrogen-bond acceptors (Lipinski definition) is 7. The van der Waals surface area contributed by atoms with E-state index in [9.17, 15) is 36.4 Å². The van der Waals surface area contributed by atoms with Crippen molar-refractivity contribution in [2.45, 2.75) is 18.4 Å². The number of ether oxygens (including phenoxy) is 1. The van der Waals surface area contributed by atoms with E-state index in [0.29, 0.717) is 23.4 Å². The number of hydrogen-bond donors (Lipinski definition) is 2. The first-order chi connectivity index (χ1) is 15.9. The van der Waals surface area contributed by atoms with E-state index in [2.05, 4.69) is 16.0 Å². The van der Waals surface area contributed by atoms with Gasteiger partial charge in [-0.15, -0.1) is 0 Å². The van der Waals surface area contributed by atoms with E-state index in [1.165, 1.54) is 13.2 Å². The summed E-state index contributed by atoms with van der Waals surface area (Å²) in [7, 11) is 1.48. The smallest absolute Gasteiger partial charge is 0.416 e. The standard InChI is InChI=1S/C21H14F6N4O3/c1-33-15-4-2-11(3-5-15)18-9-16(31-34-18)19(32)17(10-28)30-29-14-7-12(20(22,23)24)6-13(8-14)21(25,26)27/h2-9,17,29-30H,1H3. The van der Waals surface area contributed by atoms with Gasteiger partial charge in [0.1, 0.15) is 5.75 Å². The molecule has 7 nitrogen and oxygen atoms in total. The fourth-order valence-electron chi connectivity index (χ4n) is 2.77. The van der Waals surface area contributed by atoms with Crippen LogP contribution in [0.1, 0.15) is 21.6 Å². The van der Waals surface area contributed by atoms with Crippen molar-refractivity contribution in [3.8, 4) is 23.1 Å². The van der Waals surface area contributed by atoms with Gasteiger partial charge in [0.25, 0.3) is 0 Å². The maximum absolute atomic E-state index is 13.0. The largest absolute Gasteiger partial charge is 0.497 e. The van der Waals surface area contributed by atoms with E-state index in [4.69, 9.17) is 9.26 Å². The van der Waals surface area contributed by atoms with E-state index in [1.807, 2.05) is 0 Å². The van der Waals surface area contributed by atoms with Gasteiger partial charge in [0, 0.05) is 17.3 Å². The fourth-order valence-corrected chi connectivity index (χ4v) is 2.77. The molecular weight excluding hydrogens is 470 g/mol. The molecule has 0 fully saturated rings. The molecule has 13 heteroatoms. The molecule has 0 spiro atoms. The maximum Gasteiger partial charge on any atom is 0.416 e. The molecule has 2 aromatic carbocycles. The molecule has 0 radical (unpaired) electrons.